The number of aromatic nitrogens is 2. The first-order valence-electron chi connectivity index (χ1n) is 4.40. The van der Waals surface area contributed by atoms with E-state index in [9.17, 15) is 0 Å². The third-order valence-corrected chi connectivity index (χ3v) is 2.19. The molecule has 0 saturated carbocycles. The van der Waals surface area contributed by atoms with Crippen molar-refractivity contribution in [2.75, 3.05) is 13.2 Å². The van der Waals surface area contributed by atoms with E-state index in [1.165, 1.54) is 0 Å². The van der Waals surface area contributed by atoms with Crippen molar-refractivity contribution in [1.82, 2.24) is 9.97 Å². The molecule has 1 aliphatic rings. The Morgan fingerprint density at radius 1 is 1.62 bits per heavy atom. The van der Waals surface area contributed by atoms with Crippen molar-refractivity contribution < 1.29 is 9.84 Å². The lowest BCUT2D eigenvalue weighted by Crippen LogP contribution is -2.05. The molecule has 0 aliphatic carbocycles. The molecule has 4 nitrogen and oxygen atoms in total. The van der Waals surface area contributed by atoms with Gasteiger partial charge < -0.3 is 9.84 Å². The molecule has 1 N–H and O–H groups in total. The van der Waals surface area contributed by atoms with Gasteiger partial charge in [0.1, 0.15) is 5.82 Å². The zero-order chi connectivity index (χ0) is 9.10. The second-order valence-corrected chi connectivity index (χ2v) is 3.12. The Kier molecular flexibility index (Phi) is 2.52. The van der Waals surface area contributed by atoms with Crippen molar-refractivity contribution in [3.63, 3.8) is 0 Å². The molecule has 0 radical (unpaired) electrons. The molecular formula is C9H12N2O2. The lowest BCUT2D eigenvalue weighted by Gasteiger charge is -2.05. The molecule has 1 aliphatic heterocycles. The van der Waals surface area contributed by atoms with Gasteiger partial charge in [-0.3, -0.25) is 0 Å². The van der Waals surface area contributed by atoms with Gasteiger partial charge in [-0.25, -0.2) is 9.97 Å². The Balaban J connectivity index is 2.18. The van der Waals surface area contributed by atoms with Crippen LogP contribution >= 0.6 is 0 Å². The Labute approximate surface area is 76.6 Å². The first-order chi connectivity index (χ1) is 6.40. The van der Waals surface area contributed by atoms with Crippen molar-refractivity contribution in [3.8, 4) is 0 Å². The number of rotatable bonds is 2. The molecule has 70 valence electrons. The summed E-state index contributed by atoms with van der Waals surface area (Å²) < 4.78 is 5.24. The van der Waals surface area contributed by atoms with Gasteiger partial charge in [-0.05, 0) is 12.5 Å². The number of aliphatic hydroxyl groups excluding tert-OH is 1. The Bertz CT molecular complexity index is 285. The summed E-state index contributed by atoms with van der Waals surface area (Å²) >= 11 is 0. The van der Waals surface area contributed by atoms with E-state index in [-0.39, 0.29) is 6.61 Å². The first-order valence-corrected chi connectivity index (χ1v) is 4.40. The zero-order valence-electron chi connectivity index (χ0n) is 7.31. The van der Waals surface area contributed by atoms with E-state index in [2.05, 4.69) is 9.97 Å². The molecular weight excluding hydrogens is 168 g/mol. The van der Waals surface area contributed by atoms with Gasteiger partial charge in [0, 0.05) is 18.7 Å². The highest BCUT2D eigenvalue weighted by atomic mass is 16.5. The van der Waals surface area contributed by atoms with Gasteiger partial charge in [-0.2, -0.15) is 0 Å². The van der Waals surface area contributed by atoms with E-state index in [4.69, 9.17) is 9.84 Å². The molecule has 4 heteroatoms. The predicted octanol–water partition coefficient (Wildman–Crippen LogP) is 0.473. The minimum absolute atomic E-state index is 0.0247. The quantitative estimate of drug-likeness (QED) is 0.719. The second kappa shape index (κ2) is 3.81. The fourth-order valence-corrected chi connectivity index (χ4v) is 1.44. The van der Waals surface area contributed by atoms with Gasteiger partial charge in [0.25, 0.3) is 0 Å². The van der Waals surface area contributed by atoms with Crippen LogP contribution in [0.3, 0.4) is 0 Å². The van der Waals surface area contributed by atoms with Gasteiger partial charge in [0.15, 0.2) is 0 Å². The first kappa shape index (κ1) is 8.59. The number of hydrogen-bond acceptors (Lipinski definition) is 4. The minimum atomic E-state index is -0.0247. The Morgan fingerprint density at radius 2 is 2.54 bits per heavy atom. The zero-order valence-corrected chi connectivity index (χ0v) is 7.31. The molecule has 2 rings (SSSR count). The van der Waals surface area contributed by atoms with Gasteiger partial charge in [-0.15, -0.1) is 0 Å². The summed E-state index contributed by atoms with van der Waals surface area (Å²) in [6.45, 7) is 1.47. The van der Waals surface area contributed by atoms with Crippen LogP contribution in [0.5, 0.6) is 0 Å². The number of aliphatic hydroxyl groups is 1. The minimum Gasteiger partial charge on any atom is -0.390 e. The van der Waals surface area contributed by atoms with Crippen molar-refractivity contribution in [2.24, 2.45) is 0 Å². The summed E-state index contributed by atoms with van der Waals surface area (Å²) in [6, 6.07) is 1.72. The monoisotopic (exact) mass is 180 g/mol. The number of ether oxygens (including phenoxy) is 1. The van der Waals surface area contributed by atoms with Crippen LogP contribution in [0.1, 0.15) is 23.9 Å². The normalized spacial score (nSPS) is 22.1. The third kappa shape index (κ3) is 1.84. The van der Waals surface area contributed by atoms with Crippen LogP contribution in [0.15, 0.2) is 12.3 Å². The largest absolute Gasteiger partial charge is 0.390 e. The summed E-state index contributed by atoms with van der Waals surface area (Å²) in [5, 5.41) is 8.88. The van der Waals surface area contributed by atoms with E-state index < -0.39 is 0 Å². The van der Waals surface area contributed by atoms with Crippen LogP contribution in [-0.2, 0) is 11.3 Å². The lowest BCUT2D eigenvalue weighted by atomic mass is 10.1. The van der Waals surface area contributed by atoms with Crippen LogP contribution in [0, 0.1) is 0 Å². The van der Waals surface area contributed by atoms with E-state index >= 15 is 0 Å². The van der Waals surface area contributed by atoms with Crippen LogP contribution in [0.4, 0.5) is 0 Å². The van der Waals surface area contributed by atoms with E-state index in [1.54, 1.807) is 12.3 Å². The molecule has 0 spiro atoms. The average Bonchev–Trinajstić information content (AvgIpc) is 2.71. The molecule has 0 bridgehead atoms. The maximum Gasteiger partial charge on any atom is 0.134 e. The van der Waals surface area contributed by atoms with Crippen LogP contribution in [0.2, 0.25) is 0 Å². The predicted molar refractivity (Wildman–Crippen MR) is 46.1 cm³/mol. The van der Waals surface area contributed by atoms with Crippen molar-refractivity contribution in [1.29, 1.82) is 0 Å². The fraction of sp³-hybridized carbons (Fsp3) is 0.556. The van der Waals surface area contributed by atoms with Gasteiger partial charge in [0.05, 0.1) is 18.9 Å². The maximum atomic E-state index is 8.88. The Morgan fingerprint density at radius 3 is 3.23 bits per heavy atom. The van der Waals surface area contributed by atoms with E-state index in [0.29, 0.717) is 18.2 Å². The second-order valence-electron chi connectivity index (χ2n) is 3.12. The molecule has 1 saturated heterocycles. The highest BCUT2D eigenvalue weighted by molar-refractivity contribution is 5.05. The van der Waals surface area contributed by atoms with Crippen molar-refractivity contribution in [2.45, 2.75) is 18.9 Å². The topological polar surface area (TPSA) is 55.2 Å². The SMILES string of the molecule is OCc1ccnc([C@@H]2CCOC2)n1. The molecule has 2 heterocycles. The summed E-state index contributed by atoms with van der Waals surface area (Å²) in [6.07, 6.45) is 2.67. The highest BCUT2D eigenvalue weighted by Gasteiger charge is 2.20. The standard InChI is InChI=1S/C9H12N2O2/c12-5-8-1-3-10-9(11-8)7-2-4-13-6-7/h1,3,7,12H,2,4-6H2/t7-/m1/s1. The highest BCUT2D eigenvalue weighted by Crippen LogP contribution is 2.21. The maximum absolute atomic E-state index is 8.88. The summed E-state index contributed by atoms with van der Waals surface area (Å²) in [4.78, 5) is 8.40. The van der Waals surface area contributed by atoms with E-state index in [0.717, 1.165) is 18.9 Å². The molecule has 1 fully saturated rings. The summed E-state index contributed by atoms with van der Waals surface area (Å²) in [7, 11) is 0. The molecule has 0 unspecified atom stereocenters. The van der Waals surface area contributed by atoms with Crippen molar-refractivity contribution in [3.05, 3.63) is 23.8 Å². The molecule has 0 amide bonds. The number of hydrogen-bond donors (Lipinski definition) is 1. The van der Waals surface area contributed by atoms with Crippen LogP contribution in [-0.4, -0.2) is 28.3 Å². The van der Waals surface area contributed by atoms with Crippen LogP contribution < -0.4 is 0 Å². The third-order valence-electron chi connectivity index (χ3n) is 2.19. The van der Waals surface area contributed by atoms with E-state index in [1.807, 2.05) is 0 Å². The van der Waals surface area contributed by atoms with Crippen molar-refractivity contribution >= 4 is 0 Å². The number of nitrogens with zero attached hydrogens (tertiary/aromatic N) is 2. The van der Waals surface area contributed by atoms with Gasteiger partial charge >= 0.3 is 0 Å². The van der Waals surface area contributed by atoms with Gasteiger partial charge in [0.2, 0.25) is 0 Å². The Hall–Kier alpha value is -1.00. The smallest absolute Gasteiger partial charge is 0.134 e. The average molecular weight is 180 g/mol. The fourth-order valence-electron chi connectivity index (χ4n) is 1.44. The molecule has 1 aromatic heterocycles. The summed E-state index contributed by atoms with van der Waals surface area (Å²) in [5.74, 6) is 1.11. The molecule has 0 aromatic carbocycles. The van der Waals surface area contributed by atoms with Gasteiger partial charge in [-0.1, -0.05) is 0 Å². The van der Waals surface area contributed by atoms with Crippen LogP contribution in [0.25, 0.3) is 0 Å². The molecule has 13 heavy (non-hydrogen) atoms. The lowest BCUT2D eigenvalue weighted by molar-refractivity contribution is 0.193. The summed E-state index contributed by atoms with van der Waals surface area (Å²) in [5.41, 5.74) is 0.678. The molecule has 1 atom stereocenters. The molecule has 1 aromatic rings.